The largest absolute Gasteiger partial charge is 0.480 e. The van der Waals surface area contributed by atoms with Crippen molar-refractivity contribution in [1.29, 1.82) is 0 Å². The van der Waals surface area contributed by atoms with Gasteiger partial charge in [-0.25, -0.2) is 4.79 Å². The molecule has 0 saturated carbocycles. The standard InChI is InChI=1S/C10H20N2O3/c1-4-5-7(11)9(13)12-8(6(2)3)10(14)15/h6-8H,4-5,11H2,1-3H3,(H,12,13)(H,14,15)/t7-,8?/m1/s1. The van der Waals surface area contributed by atoms with Crippen molar-refractivity contribution in [2.45, 2.75) is 45.7 Å². The molecule has 2 atom stereocenters. The van der Waals surface area contributed by atoms with Gasteiger partial charge in [0, 0.05) is 0 Å². The highest BCUT2D eigenvalue weighted by atomic mass is 16.4. The van der Waals surface area contributed by atoms with E-state index in [1.54, 1.807) is 13.8 Å². The molecule has 0 aliphatic rings. The fourth-order valence-electron chi connectivity index (χ4n) is 1.22. The zero-order valence-corrected chi connectivity index (χ0v) is 9.49. The molecule has 0 saturated heterocycles. The summed E-state index contributed by atoms with van der Waals surface area (Å²) in [6.07, 6.45) is 1.37. The highest BCUT2D eigenvalue weighted by molar-refractivity contribution is 5.86. The van der Waals surface area contributed by atoms with E-state index in [9.17, 15) is 9.59 Å². The van der Waals surface area contributed by atoms with Crippen LogP contribution in [0.15, 0.2) is 0 Å². The predicted octanol–water partition coefficient (Wildman–Crippen LogP) is 0.339. The number of nitrogens with two attached hydrogens (primary N) is 1. The van der Waals surface area contributed by atoms with E-state index in [0.29, 0.717) is 6.42 Å². The van der Waals surface area contributed by atoms with E-state index in [0.717, 1.165) is 6.42 Å². The average Bonchev–Trinajstić information content (AvgIpc) is 2.12. The quantitative estimate of drug-likeness (QED) is 0.597. The molecule has 0 heterocycles. The number of carboxylic acid groups (broad SMARTS) is 1. The van der Waals surface area contributed by atoms with E-state index < -0.39 is 24.0 Å². The second-order valence-corrected chi connectivity index (χ2v) is 3.96. The van der Waals surface area contributed by atoms with Crippen molar-refractivity contribution < 1.29 is 14.7 Å². The third-order valence-corrected chi connectivity index (χ3v) is 2.17. The Labute approximate surface area is 90.0 Å². The molecule has 0 aromatic carbocycles. The van der Waals surface area contributed by atoms with E-state index in [1.165, 1.54) is 0 Å². The summed E-state index contributed by atoms with van der Waals surface area (Å²) in [5.41, 5.74) is 5.57. The molecule has 0 rings (SSSR count). The van der Waals surface area contributed by atoms with Crippen LogP contribution in [0.2, 0.25) is 0 Å². The van der Waals surface area contributed by atoms with Crippen molar-refractivity contribution in [1.82, 2.24) is 5.32 Å². The smallest absolute Gasteiger partial charge is 0.326 e. The van der Waals surface area contributed by atoms with Crippen molar-refractivity contribution in [2.24, 2.45) is 11.7 Å². The van der Waals surface area contributed by atoms with Gasteiger partial charge in [0.2, 0.25) is 5.91 Å². The minimum absolute atomic E-state index is 0.153. The number of hydrogen-bond donors (Lipinski definition) is 3. The highest BCUT2D eigenvalue weighted by Crippen LogP contribution is 2.03. The number of aliphatic carboxylic acids is 1. The highest BCUT2D eigenvalue weighted by Gasteiger charge is 2.25. The summed E-state index contributed by atoms with van der Waals surface area (Å²) in [6, 6.07) is -1.48. The molecule has 0 fully saturated rings. The van der Waals surface area contributed by atoms with Gasteiger partial charge in [0.25, 0.3) is 0 Å². The molecule has 4 N–H and O–H groups in total. The van der Waals surface area contributed by atoms with Crippen molar-refractivity contribution in [2.75, 3.05) is 0 Å². The summed E-state index contributed by atoms with van der Waals surface area (Å²) in [5.74, 6) is -1.57. The molecule has 0 aliphatic heterocycles. The topological polar surface area (TPSA) is 92.4 Å². The lowest BCUT2D eigenvalue weighted by Crippen LogP contribution is -2.50. The second kappa shape index (κ2) is 6.40. The first-order valence-corrected chi connectivity index (χ1v) is 5.18. The van der Waals surface area contributed by atoms with Crippen LogP contribution in [0.1, 0.15) is 33.6 Å². The fraction of sp³-hybridized carbons (Fsp3) is 0.800. The van der Waals surface area contributed by atoms with Gasteiger partial charge in [-0.15, -0.1) is 0 Å². The van der Waals surface area contributed by atoms with Gasteiger partial charge in [-0.1, -0.05) is 27.2 Å². The van der Waals surface area contributed by atoms with Crippen LogP contribution in [0.5, 0.6) is 0 Å². The number of amides is 1. The molecule has 5 heteroatoms. The summed E-state index contributed by atoms with van der Waals surface area (Å²) in [4.78, 5) is 22.3. The van der Waals surface area contributed by atoms with E-state index >= 15 is 0 Å². The third-order valence-electron chi connectivity index (χ3n) is 2.17. The van der Waals surface area contributed by atoms with Gasteiger partial charge in [0.15, 0.2) is 0 Å². The molecule has 1 amide bonds. The molecule has 1 unspecified atom stereocenters. The lowest BCUT2D eigenvalue weighted by Gasteiger charge is -2.20. The molecule has 0 aromatic rings. The van der Waals surface area contributed by atoms with Crippen LogP contribution in [-0.4, -0.2) is 29.1 Å². The van der Waals surface area contributed by atoms with Crippen LogP contribution in [0.3, 0.4) is 0 Å². The Morgan fingerprint density at radius 2 is 1.93 bits per heavy atom. The fourth-order valence-corrected chi connectivity index (χ4v) is 1.22. The van der Waals surface area contributed by atoms with Crippen molar-refractivity contribution >= 4 is 11.9 Å². The molecular formula is C10H20N2O3. The average molecular weight is 216 g/mol. The predicted molar refractivity (Wildman–Crippen MR) is 57.3 cm³/mol. The van der Waals surface area contributed by atoms with Crippen LogP contribution in [0, 0.1) is 5.92 Å². The Morgan fingerprint density at radius 1 is 1.40 bits per heavy atom. The van der Waals surface area contributed by atoms with Gasteiger partial charge < -0.3 is 16.2 Å². The number of carbonyl (C=O) groups excluding carboxylic acids is 1. The monoisotopic (exact) mass is 216 g/mol. The van der Waals surface area contributed by atoms with E-state index in [4.69, 9.17) is 10.8 Å². The summed E-state index contributed by atoms with van der Waals surface area (Å²) >= 11 is 0. The zero-order valence-electron chi connectivity index (χ0n) is 9.49. The maximum Gasteiger partial charge on any atom is 0.326 e. The Hall–Kier alpha value is -1.10. The number of nitrogens with one attached hydrogen (secondary N) is 1. The van der Waals surface area contributed by atoms with Crippen molar-refractivity contribution in [3.05, 3.63) is 0 Å². The Morgan fingerprint density at radius 3 is 2.27 bits per heavy atom. The van der Waals surface area contributed by atoms with Gasteiger partial charge in [-0.3, -0.25) is 4.79 Å². The molecule has 0 radical (unpaired) electrons. The Kier molecular flexibility index (Phi) is 5.93. The molecule has 88 valence electrons. The van der Waals surface area contributed by atoms with Crippen LogP contribution in [0.4, 0.5) is 0 Å². The summed E-state index contributed by atoms with van der Waals surface area (Å²) < 4.78 is 0. The maximum atomic E-state index is 11.5. The van der Waals surface area contributed by atoms with Crippen LogP contribution in [-0.2, 0) is 9.59 Å². The van der Waals surface area contributed by atoms with Crippen LogP contribution >= 0.6 is 0 Å². The maximum absolute atomic E-state index is 11.5. The van der Waals surface area contributed by atoms with Gasteiger partial charge in [0.1, 0.15) is 6.04 Å². The number of rotatable bonds is 6. The SMILES string of the molecule is CCC[C@@H](N)C(=O)NC(C(=O)O)C(C)C. The summed E-state index contributed by atoms with van der Waals surface area (Å²) in [7, 11) is 0. The number of carboxylic acids is 1. The van der Waals surface area contributed by atoms with Crippen LogP contribution in [0.25, 0.3) is 0 Å². The molecule has 0 aromatic heterocycles. The molecule has 0 aliphatic carbocycles. The minimum Gasteiger partial charge on any atom is -0.480 e. The summed E-state index contributed by atoms with van der Waals surface area (Å²) in [5, 5.41) is 11.3. The van der Waals surface area contributed by atoms with Gasteiger partial charge >= 0.3 is 5.97 Å². The first-order chi connectivity index (χ1) is 6.90. The molecule has 0 bridgehead atoms. The lowest BCUT2D eigenvalue weighted by atomic mass is 10.0. The summed E-state index contributed by atoms with van der Waals surface area (Å²) in [6.45, 7) is 5.40. The van der Waals surface area contributed by atoms with E-state index in [-0.39, 0.29) is 5.92 Å². The number of hydrogen-bond acceptors (Lipinski definition) is 3. The molecular weight excluding hydrogens is 196 g/mol. The van der Waals surface area contributed by atoms with Crippen molar-refractivity contribution in [3.8, 4) is 0 Å². The van der Waals surface area contributed by atoms with Gasteiger partial charge in [-0.2, -0.15) is 0 Å². The number of carbonyl (C=O) groups is 2. The van der Waals surface area contributed by atoms with Crippen molar-refractivity contribution in [3.63, 3.8) is 0 Å². The second-order valence-electron chi connectivity index (χ2n) is 3.96. The minimum atomic E-state index is -1.03. The normalized spacial score (nSPS) is 14.7. The Bertz CT molecular complexity index is 229. The van der Waals surface area contributed by atoms with E-state index in [1.807, 2.05) is 6.92 Å². The third kappa shape index (κ3) is 4.78. The molecule has 5 nitrogen and oxygen atoms in total. The first-order valence-electron chi connectivity index (χ1n) is 5.18. The van der Waals surface area contributed by atoms with Gasteiger partial charge in [-0.05, 0) is 12.3 Å². The lowest BCUT2D eigenvalue weighted by molar-refractivity contribution is -0.143. The van der Waals surface area contributed by atoms with Crippen LogP contribution < -0.4 is 11.1 Å². The Balaban J connectivity index is 4.29. The molecule has 15 heavy (non-hydrogen) atoms. The van der Waals surface area contributed by atoms with Gasteiger partial charge in [0.05, 0.1) is 6.04 Å². The zero-order chi connectivity index (χ0) is 12.0. The van der Waals surface area contributed by atoms with E-state index in [2.05, 4.69) is 5.32 Å². The molecule has 0 spiro atoms. The first kappa shape index (κ1) is 13.9.